The van der Waals surface area contributed by atoms with Crippen molar-refractivity contribution in [1.82, 2.24) is 0 Å². The lowest BCUT2D eigenvalue weighted by Gasteiger charge is -2.08. The maximum atomic E-state index is 11.6. The molecule has 0 heterocycles. The number of hydrogen-bond acceptors (Lipinski definition) is 2. The predicted molar refractivity (Wildman–Crippen MR) is 64.0 cm³/mol. The van der Waals surface area contributed by atoms with E-state index in [9.17, 15) is 4.79 Å². The van der Waals surface area contributed by atoms with Crippen LogP contribution in [-0.4, -0.2) is 33.2 Å². The zero-order valence-corrected chi connectivity index (χ0v) is 10.4. The lowest BCUT2D eigenvalue weighted by Crippen LogP contribution is -3.05. The van der Waals surface area contributed by atoms with Gasteiger partial charge in [0.1, 0.15) is 0 Å². The Morgan fingerprint density at radius 3 is 2.69 bits per heavy atom. The fourth-order valence-corrected chi connectivity index (χ4v) is 1.51. The summed E-state index contributed by atoms with van der Waals surface area (Å²) in [7, 11) is 4.13. The second-order valence-corrected chi connectivity index (χ2v) is 4.33. The first kappa shape index (κ1) is 13.0. The minimum absolute atomic E-state index is 0.348. The van der Waals surface area contributed by atoms with Gasteiger partial charge in [-0.1, -0.05) is 23.7 Å². The normalized spacial score (nSPS) is 10.5. The van der Waals surface area contributed by atoms with Crippen LogP contribution in [0.5, 0.6) is 0 Å². The Balaban J connectivity index is 2.39. The van der Waals surface area contributed by atoms with Crippen LogP contribution in [-0.2, 0) is 4.74 Å². The molecule has 0 unspecified atom stereocenters. The number of carbonyl (C=O) groups excluding carboxylic acids is 1. The van der Waals surface area contributed by atoms with Crippen LogP contribution in [0.25, 0.3) is 0 Å². The van der Waals surface area contributed by atoms with Gasteiger partial charge in [-0.05, 0) is 12.1 Å². The number of hydrogen-bond donors (Lipinski definition) is 1. The van der Waals surface area contributed by atoms with Gasteiger partial charge in [0, 0.05) is 6.42 Å². The third-order valence-corrected chi connectivity index (χ3v) is 2.48. The number of rotatable bonds is 5. The number of ether oxygens (including phenoxy) is 1. The van der Waals surface area contributed by atoms with Crippen LogP contribution in [0.2, 0.25) is 5.02 Å². The third-order valence-electron chi connectivity index (χ3n) is 2.15. The molecule has 0 bridgehead atoms. The van der Waals surface area contributed by atoms with E-state index in [1.165, 1.54) is 4.90 Å². The Hall–Kier alpha value is -1.06. The molecule has 4 heteroatoms. The Kier molecular flexibility index (Phi) is 5.29. The molecule has 1 aromatic rings. The lowest BCUT2D eigenvalue weighted by atomic mass is 10.2. The maximum absolute atomic E-state index is 11.6. The molecule has 0 amide bonds. The quantitative estimate of drug-likeness (QED) is 0.618. The number of esters is 1. The van der Waals surface area contributed by atoms with Gasteiger partial charge in [0.25, 0.3) is 0 Å². The summed E-state index contributed by atoms with van der Waals surface area (Å²) in [5.41, 5.74) is 0.432. The van der Waals surface area contributed by atoms with Crippen molar-refractivity contribution in [3.05, 3.63) is 34.9 Å². The van der Waals surface area contributed by atoms with Crippen molar-refractivity contribution >= 4 is 17.6 Å². The summed E-state index contributed by atoms with van der Waals surface area (Å²) >= 11 is 5.88. The smallest absolute Gasteiger partial charge is 0.339 e. The number of carbonyl (C=O) groups is 1. The second-order valence-electron chi connectivity index (χ2n) is 3.93. The van der Waals surface area contributed by atoms with Crippen LogP contribution in [0.1, 0.15) is 16.8 Å². The molecule has 0 fully saturated rings. The van der Waals surface area contributed by atoms with Gasteiger partial charge in [-0.3, -0.25) is 0 Å². The molecule has 1 aromatic carbocycles. The fraction of sp³-hybridized carbons (Fsp3) is 0.417. The number of halogens is 1. The molecular weight excluding hydrogens is 226 g/mol. The highest BCUT2D eigenvalue weighted by Crippen LogP contribution is 2.15. The van der Waals surface area contributed by atoms with E-state index in [0.717, 1.165) is 13.0 Å². The molecule has 16 heavy (non-hydrogen) atoms. The Morgan fingerprint density at radius 2 is 2.06 bits per heavy atom. The molecule has 1 rings (SSSR count). The van der Waals surface area contributed by atoms with Crippen molar-refractivity contribution in [1.29, 1.82) is 0 Å². The highest BCUT2D eigenvalue weighted by atomic mass is 35.5. The van der Waals surface area contributed by atoms with E-state index in [-0.39, 0.29) is 5.97 Å². The molecule has 88 valence electrons. The Bertz CT molecular complexity index is 353. The van der Waals surface area contributed by atoms with E-state index in [4.69, 9.17) is 16.3 Å². The first-order chi connectivity index (χ1) is 7.61. The molecule has 0 saturated heterocycles. The molecule has 1 N–H and O–H groups in total. The largest absolute Gasteiger partial charge is 0.462 e. The molecular formula is C12H17ClNO2+. The van der Waals surface area contributed by atoms with Crippen LogP contribution in [0.4, 0.5) is 0 Å². The molecule has 0 aliphatic carbocycles. The number of quaternary nitrogens is 1. The molecule has 0 spiro atoms. The first-order valence-corrected chi connectivity index (χ1v) is 5.69. The van der Waals surface area contributed by atoms with Gasteiger partial charge in [0.05, 0.1) is 37.8 Å². The molecule has 0 saturated carbocycles. The van der Waals surface area contributed by atoms with Crippen molar-refractivity contribution < 1.29 is 14.4 Å². The van der Waals surface area contributed by atoms with E-state index in [0.29, 0.717) is 17.2 Å². The minimum Gasteiger partial charge on any atom is -0.462 e. The van der Waals surface area contributed by atoms with Crippen LogP contribution in [0.15, 0.2) is 24.3 Å². The highest BCUT2D eigenvalue weighted by Gasteiger charge is 2.10. The van der Waals surface area contributed by atoms with Gasteiger partial charge in [-0.25, -0.2) is 4.79 Å². The summed E-state index contributed by atoms with van der Waals surface area (Å²) < 4.78 is 5.12. The zero-order valence-electron chi connectivity index (χ0n) is 9.63. The van der Waals surface area contributed by atoms with Crippen LogP contribution in [0.3, 0.4) is 0 Å². The Morgan fingerprint density at radius 1 is 1.38 bits per heavy atom. The van der Waals surface area contributed by atoms with E-state index >= 15 is 0 Å². The van der Waals surface area contributed by atoms with E-state index in [2.05, 4.69) is 14.1 Å². The Labute approximate surface area is 101 Å². The monoisotopic (exact) mass is 242 g/mol. The number of benzene rings is 1. The van der Waals surface area contributed by atoms with Crippen molar-refractivity contribution in [2.24, 2.45) is 0 Å². The van der Waals surface area contributed by atoms with Crippen molar-refractivity contribution in [3.63, 3.8) is 0 Å². The molecule has 0 atom stereocenters. The SMILES string of the molecule is C[NH+](C)CCCOC(=O)c1ccccc1Cl. The van der Waals surface area contributed by atoms with E-state index < -0.39 is 0 Å². The minimum atomic E-state index is -0.348. The fourth-order valence-electron chi connectivity index (χ4n) is 1.30. The van der Waals surface area contributed by atoms with Gasteiger partial charge in [0.2, 0.25) is 0 Å². The van der Waals surface area contributed by atoms with Crippen LogP contribution >= 0.6 is 11.6 Å². The van der Waals surface area contributed by atoms with Crippen molar-refractivity contribution in [3.8, 4) is 0 Å². The topological polar surface area (TPSA) is 30.7 Å². The standard InChI is InChI=1S/C12H16ClNO2/c1-14(2)8-5-9-16-12(15)10-6-3-4-7-11(10)13/h3-4,6-7H,5,8-9H2,1-2H3/p+1. The van der Waals surface area contributed by atoms with E-state index in [1.54, 1.807) is 24.3 Å². The maximum Gasteiger partial charge on any atom is 0.339 e. The van der Waals surface area contributed by atoms with Crippen LogP contribution in [0, 0.1) is 0 Å². The summed E-state index contributed by atoms with van der Waals surface area (Å²) in [6.45, 7) is 1.42. The molecule has 0 aromatic heterocycles. The van der Waals surface area contributed by atoms with Gasteiger partial charge >= 0.3 is 5.97 Å². The van der Waals surface area contributed by atoms with Gasteiger partial charge < -0.3 is 9.64 Å². The summed E-state index contributed by atoms with van der Waals surface area (Å²) in [6, 6.07) is 6.91. The summed E-state index contributed by atoms with van der Waals surface area (Å²) in [6.07, 6.45) is 0.860. The third kappa shape index (κ3) is 4.21. The number of nitrogens with one attached hydrogen (secondary N) is 1. The van der Waals surface area contributed by atoms with E-state index in [1.807, 2.05) is 0 Å². The average Bonchev–Trinajstić information content (AvgIpc) is 2.24. The van der Waals surface area contributed by atoms with Crippen molar-refractivity contribution in [2.75, 3.05) is 27.2 Å². The molecule has 0 radical (unpaired) electrons. The average molecular weight is 243 g/mol. The summed E-state index contributed by atoms with van der Waals surface area (Å²) in [4.78, 5) is 12.9. The van der Waals surface area contributed by atoms with Gasteiger partial charge in [-0.2, -0.15) is 0 Å². The highest BCUT2D eigenvalue weighted by molar-refractivity contribution is 6.33. The lowest BCUT2D eigenvalue weighted by molar-refractivity contribution is -0.858. The molecule has 0 aliphatic heterocycles. The molecule has 0 aliphatic rings. The van der Waals surface area contributed by atoms with Crippen molar-refractivity contribution in [2.45, 2.75) is 6.42 Å². The first-order valence-electron chi connectivity index (χ1n) is 5.32. The predicted octanol–water partition coefficient (Wildman–Crippen LogP) is 1.03. The second kappa shape index (κ2) is 6.51. The summed E-state index contributed by atoms with van der Waals surface area (Å²) in [5.74, 6) is -0.348. The van der Waals surface area contributed by atoms with Crippen LogP contribution < -0.4 is 4.90 Å². The van der Waals surface area contributed by atoms with Gasteiger partial charge in [-0.15, -0.1) is 0 Å². The zero-order chi connectivity index (χ0) is 12.0. The summed E-state index contributed by atoms with van der Waals surface area (Å²) in [5, 5.41) is 0.436. The van der Waals surface area contributed by atoms with Gasteiger partial charge in [0.15, 0.2) is 0 Å². The molecule has 3 nitrogen and oxygen atoms in total.